The number of imide groups is 1. The highest BCUT2D eigenvalue weighted by Crippen LogP contribution is 2.43. The van der Waals surface area contributed by atoms with Crippen molar-refractivity contribution >= 4 is 40.7 Å². The second-order valence-electron chi connectivity index (χ2n) is 17.7. The lowest BCUT2D eigenvalue weighted by atomic mass is 9.81. The molecule has 9 nitrogen and oxygen atoms in total. The number of nitrogens with zero attached hydrogens (tertiary/aromatic N) is 2. The molecule has 0 aromatic heterocycles. The van der Waals surface area contributed by atoms with Crippen LogP contribution in [0.2, 0.25) is 0 Å². The number of anilines is 1. The number of carbonyl (C=O) groups is 4. The minimum Gasteiger partial charge on any atom is -0.358 e. The molecule has 5 rings (SSSR count). The number of allylic oxidation sites excluding steroid dienone is 6. The van der Waals surface area contributed by atoms with E-state index in [4.69, 9.17) is 0 Å². The third-order valence-corrected chi connectivity index (χ3v) is 12.1. The van der Waals surface area contributed by atoms with Crippen molar-refractivity contribution in [2.45, 2.75) is 135 Å². The maximum Gasteiger partial charge on any atom is 0.254 e. The van der Waals surface area contributed by atoms with Crippen LogP contribution in [0.25, 0.3) is 0 Å². The van der Waals surface area contributed by atoms with Gasteiger partial charge in [-0.1, -0.05) is 108 Å². The summed E-state index contributed by atoms with van der Waals surface area (Å²) in [5.74, 6) is -0.472. The van der Waals surface area contributed by atoms with Gasteiger partial charge in [0.25, 0.3) is 11.8 Å². The summed E-state index contributed by atoms with van der Waals surface area (Å²) in [6.07, 6.45) is 23.4. The molecule has 2 aromatic rings. The fourth-order valence-corrected chi connectivity index (χ4v) is 8.55. The molecule has 0 saturated carbocycles. The normalized spacial score (nSPS) is 17.7. The monoisotopic (exact) mass is 803 g/mol. The number of carbonyl (C=O) groups excluding carboxylic acids is 4. The van der Waals surface area contributed by atoms with Crippen molar-refractivity contribution in [3.05, 3.63) is 108 Å². The largest absolute Gasteiger partial charge is 0.358 e. The molecular formula is C50H68N5O4+. The summed E-state index contributed by atoms with van der Waals surface area (Å²) in [7, 11) is 0. The first-order valence-electron chi connectivity index (χ1n) is 22.1. The number of fused-ring (bicyclic) bond motifs is 2. The summed E-state index contributed by atoms with van der Waals surface area (Å²) in [5.41, 5.74) is 7.31. The Bertz CT molecular complexity index is 1950. The van der Waals surface area contributed by atoms with E-state index in [9.17, 15) is 19.2 Å². The number of unbranched alkanes of at least 4 members (excludes halogenated alkanes) is 6. The van der Waals surface area contributed by atoms with E-state index < -0.39 is 17.9 Å². The fraction of sp³-hybridized carbons (Fsp3) is 0.500. The number of nitrogens with one attached hydrogen (secondary N) is 3. The van der Waals surface area contributed by atoms with Crippen LogP contribution in [0.4, 0.5) is 11.4 Å². The lowest BCUT2D eigenvalue weighted by Gasteiger charge is -2.25. The smallest absolute Gasteiger partial charge is 0.254 e. The van der Waals surface area contributed by atoms with Crippen molar-refractivity contribution in [2.24, 2.45) is 5.92 Å². The predicted octanol–water partition coefficient (Wildman–Crippen LogP) is 9.33. The highest BCUT2D eigenvalue weighted by molar-refractivity contribution is 6.15. The van der Waals surface area contributed by atoms with Crippen molar-refractivity contribution in [1.29, 1.82) is 0 Å². The quantitative estimate of drug-likeness (QED) is 0.0449. The Hall–Kier alpha value is -5.05. The van der Waals surface area contributed by atoms with E-state index >= 15 is 0 Å². The Balaban J connectivity index is 1.04. The molecule has 59 heavy (non-hydrogen) atoms. The van der Waals surface area contributed by atoms with Gasteiger partial charge in [-0.15, -0.1) is 0 Å². The van der Waals surface area contributed by atoms with Crippen LogP contribution in [0.5, 0.6) is 0 Å². The van der Waals surface area contributed by atoms with Crippen LogP contribution in [0.15, 0.2) is 96.8 Å². The molecule has 1 unspecified atom stereocenters. The summed E-state index contributed by atoms with van der Waals surface area (Å²) in [4.78, 5) is 51.8. The molecule has 3 heterocycles. The van der Waals surface area contributed by atoms with E-state index in [1.54, 1.807) is 0 Å². The first-order valence-corrected chi connectivity index (χ1v) is 22.1. The van der Waals surface area contributed by atoms with Gasteiger partial charge in [-0.3, -0.25) is 24.1 Å². The molecule has 3 N–H and O–H groups in total. The molecule has 9 heteroatoms. The van der Waals surface area contributed by atoms with Gasteiger partial charge in [-0.2, -0.15) is 4.58 Å². The molecule has 0 aliphatic carbocycles. The van der Waals surface area contributed by atoms with Crippen molar-refractivity contribution in [3.8, 4) is 0 Å². The Morgan fingerprint density at radius 2 is 1.37 bits per heavy atom. The maximum atomic E-state index is 13.1. The van der Waals surface area contributed by atoms with Gasteiger partial charge in [0.2, 0.25) is 17.5 Å². The van der Waals surface area contributed by atoms with Crippen LogP contribution >= 0.6 is 0 Å². The average molecular weight is 803 g/mol. The van der Waals surface area contributed by atoms with Crippen LogP contribution in [0, 0.1) is 5.92 Å². The molecular weight excluding hydrogens is 735 g/mol. The predicted molar refractivity (Wildman–Crippen MR) is 240 cm³/mol. The minimum absolute atomic E-state index is 0.0199. The van der Waals surface area contributed by atoms with Gasteiger partial charge in [-0.05, 0) is 76.0 Å². The van der Waals surface area contributed by atoms with Gasteiger partial charge in [-0.25, -0.2) is 0 Å². The third kappa shape index (κ3) is 11.8. The van der Waals surface area contributed by atoms with Crippen molar-refractivity contribution < 1.29 is 23.8 Å². The van der Waals surface area contributed by atoms with E-state index in [0.29, 0.717) is 44.7 Å². The molecule has 0 saturated heterocycles. The van der Waals surface area contributed by atoms with Crippen LogP contribution in [-0.4, -0.2) is 64.5 Å². The van der Waals surface area contributed by atoms with Gasteiger partial charge in [0.1, 0.15) is 12.6 Å². The summed E-state index contributed by atoms with van der Waals surface area (Å²) in [6, 6.07) is 16.3. The number of benzene rings is 2. The Morgan fingerprint density at radius 3 is 2.12 bits per heavy atom. The maximum absolute atomic E-state index is 13.1. The Kier molecular flexibility index (Phi) is 16.2. The first kappa shape index (κ1) is 45.0. The van der Waals surface area contributed by atoms with Crippen LogP contribution < -0.4 is 16.0 Å². The molecule has 316 valence electrons. The topological polar surface area (TPSA) is 111 Å². The number of hydrogen-bond acceptors (Lipinski definition) is 5. The molecule has 3 aliphatic heterocycles. The molecule has 0 fully saturated rings. The van der Waals surface area contributed by atoms with E-state index in [-0.39, 0.29) is 22.6 Å². The third-order valence-electron chi connectivity index (χ3n) is 12.1. The molecule has 0 radical (unpaired) electrons. The second-order valence-corrected chi connectivity index (χ2v) is 17.7. The van der Waals surface area contributed by atoms with Gasteiger partial charge in [0, 0.05) is 72.6 Å². The van der Waals surface area contributed by atoms with Crippen LogP contribution in [-0.2, 0) is 30.0 Å². The molecule has 0 bridgehead atoms. The van der Waals surface area contributed by atoms with Crippen molar-refractivity contribution in [3.63, 3.8) is 0 Å². The van der Waals surface area contributed by atoms with Crippen LogP contribution in [0.3, 0.4) is 0 Å². The molecule has 2 aromatic carbocycles. The summed E-state index contributed by atoms with van der Waals surface area (Å²) < 4.78 is 2.44. The SMILES string of the molecule is CC(C)CCCCCCNC(=O)C(CCCCNC(=O)CCCCC[N+]1=C(/C=C/C=C/C=C2\Nc3ccccc3C2(C)C)C(C)(C)c2ccccc21)N1C(=O)C=CC1=O. The van der Waals surface area contributed by atoms with E-state index in [0.717, 1.165) is 50.0 Å². The van der Waals surface area contributed by atoms with E-state index in [1.807, 2.05) is 0 Å². The number of rotatable bonds is 23. The zero-order chi connectivity index (χ0) is 42.4. The molecule has 1 atom stereocenters. The van der Waals surface area contributed by atoms with Gasteiger partial charge in [0.15, 0.2) is 5.71 Å². The fourth-order valence-electron chi connectivity index (χ4n) is 8.55. The number of para-hydroxylation sites is 2. The lowest BCUT2D eigenvalue weighted by Crippen LogP contribution is -2.49. The Labute approximate surface area is 353 Å². The van der Waals surface area contributed by atoms with E-state index in [1.165, 1.54) is 58.9 Å². The first-order chi connectivity index (χ1) is 28.3. The highest BCUT2D eigenvalue weighted by atomic mass is 16.2. The summed E-state index contributed by atoms with van der Waals surface area (Å²) in [5, 5.41) is 9.56. The van der Waals surface area contributed by atoms with E-state index in [2.05, 4.69) is 141 Å². The van der Waals surface area contributed by atoms with Gasteiger partial charge >= 0.3 is 0 Å². The average Bonchev–Trinajstić information content (AvgIpc) is 3.75. The number of amides is 4. The van der Waals surface area contributed by atoms with Gasteiger partial charge in [0.05, 0.1) is 5.41 Å². The van der Waals surface area contributed by atoms with Gasteiger partial charge < -0.3 is 16.0 Å². The number of hydrogen-bond donors (Lipinski definition) is 3. The zero-order valence-electron chi connectivity index (χ0n) is 36.4. The van der Waals surface area contributed by atoms with Crippen molar-refractivity contribution in [2.75, 3.05) is 25.0 Å². The van der Waals surface area contributed by atoms with Crippen LogP contribution in [0.1, 0.15) is 130 Å². The minimum atomic E-state index is -0.845. The molecule has 4 amide bonds. The molecule has 3 aliphatic rings. The second kappa shape index (κ2) is 21.3. The lowest BCUT2D eigenvalue weighted by molar-refractivity contribution is -0.438. The summed E-state index contributed by atoms with van der Waals surface area (Å²) in [6.45, 7) is 15.4. The zero-order valence-corrected chi connectivity index (χ0v) is 36.4. The summed E-state index contributed by atoms with van der Waals surface area (Å²) >= 11 is 0. The molecule has 0 spiro atoms. The highest BCUT2D eigenvalue weighted by Gasteiger charge is 2.44. The van der Waals surface area contributed by atoms with Crippen molar-refractivity contribution in [1.82, 2.24) is 15.5 Å². The Morgan fingerprint density at radius 1 is 0.729 bits per heavy atom. The standard InChI is InChI=1S/C50H67N5O4/c1-37(2)23-11-7-8-20-35-52-48(59)42(55-46(57)32-33-47(55)58)28-19-21-34-51-45(56)31-14-10-22-36-54-41-27-18-16-25-39(41)50(5,6)44(54)30-13-9-12-29-43-49(3,4)38-24-15-17-26-40(38)53-43/h9,12-13,15-18,24-27,29-30,32-33,37,42H,7-8,10-11,14,19-23,28,31,34-36H2,1-6H3,(H2,51,52,56,59)/p+1.